The van der Waals surface area contributed by atoms with Gasteiger partial charge in [0.15, 0.2) is 0 Å². The van der Waals surface area contributed by atoms with Crippen LogP contribution >= 0.6 is 0 Å². The molecule has 0 aliphatic carbocycles. The molecule has 2 aromatic carbocycles. The summed E-state index contributed by atoms with van der Waals surface area (Å²) in [6, 6.07) is 12.8. The maximum atomic E-state index is 13.2. The van der Waals surface area contributed by atoms with Crippen molar-refractivity contribution in [2.75, 3.05) is 13.1 Å². The molecule has 1 N–H and O–H groups in total. The van der Waals surface area contributed by atoms with E-state index in [9.17, 15) is 23.1 Å². The van der Waals surface area contributed by atoms with Crippen LogP contribution in [0.2, 0.25) is 0 Å². The zero-order valence-electron chi connectivity index (χ0n) is 15.0. The molecule has 0 radical (unpaired) electrons. The van der Waals surface area contributed by atoms with E-state index in [1.54, 1.807) is 6.07 Å². The van der Waals surface area contributed by atoms with Crippen LogP contribution in [-0.2, 0) is 11.0 Å². The van der Waals surface area contributed by atoms with Crippen LogP contribution in [0.1, 0.15) is 41.1 Å². The van der Waals surface area contributed by atoms with Gasteiger partial charge in [-0.05, 0) is 61.7 Å². The molecule has 144 valence electrons. The monoisotopic (exact) mass is 377 g/mol. The molecule has 0 aromatic heterocycles. The largest absolute Gasteiger partial charge is 0.481 e. The molecule has 1 atom stereocenters. The van der Waals surface area contributed by atoms with E-state index in [1.165, 1.54) is 12.1 Å². The summed E-state index contributed by atoms with van der Waals surface area (Å²) >= 11 is 0. The van der Waals surface area contributed by atoms with E-state index in [-0.39, 0.29) is 12.0 Å². The van der Waals surface area contributed by atoms with E-state index in [4.69, 9.17) is 0 Å². The van der Waals surface area contributed by atoms with Crippen molar-refractivity contribution in [1.82, 2.24) is 4.90 Å². The van der Waals surface area contributed by atoms with Crippen LogP contribution in [0.5, 0.6) is 0 Å². The molecule has 6 heteroatoms. The van der Waals surface area contributed by atoms with Crippen LogP contribution in [0.15, 0.2) is 48.5 Å². The molecule has 1 aliphatic heterocycles. The first kappa shape index (κ1) is 19.4. The number of likely N-dealkylation sites (tertiary alicyclic amines) is 1. The minimum Gasteiger partial charge on any atom is -0.481 e. The summed E-state index contributed by atoms with van der Waals surface area (Å²) in [6.45, 7) is 3.01. The standard InChI is InChI=1S/C21H22F3NO2/c1-14-5-2-3-8-18(14)19(25-11-9-15(10-12-25)20(26)27)16-6-4-7-17(13-16)21(22,23)24/h2-8,13,15,19H,9-12H2,1H3,(H,26,27). The highest BCUT2D eigenvalue weighted by Crippen LogP contribution is 2.37. The fraction of sp³-hybridized carbons (Fsp3) is 0.381. The van der Waals surface area contributed by atoms with E-state index >= 15 is 0 Å². The normalized spacial score (nSPS) is 17.6. The van der Waals surface area contributed by atoms with Gasteiger partial charge in [0, 0.05) is 0 Å². The van der Waals surface area contributed by atoms with Crippen LogP contribution in [0.4, 0.5) is 13.2 Å². The lowest BCUT2D eigenvalue weighted by atomic mass is 9.89. The minimum atomic E-state index is -4.40. The molecular formula is C21H22F3NO2. The second kappa shape index (κ2) is 7.72. The maximum absolute atomic E-state index is 13.2. The molecular weight excluding hydrogens is 355 g/mol. The quantitative estimate of drug-likeness (QED) is 0.824. The van der Waals surface area contributed by atoms with Crippen molar-refractivity contribution in [3.63, 3.8) is 0 Å². The number of benzene rings is 2. The first-order valence-electron chi connectivity index (χ1n) is 8.97. The Morgan fingerprint density at radius 3 is 2.37 bits per heavy atom. The van der Waals surface area contributed by atoms with E-state index in [1.807, 2.05) is 31.2 Å². The van der Waals surface area contributed by atoms with E-state index < -0.39 is 17.7 Å². The number of hydrogen-bond donors (Lipinski definition) is 1. The molecule has 27 heavy (non-hydrogen) atoms. The second-order valence-corrected chi connectivity index (χ2v) is 7.03. The van der Waals surface area contributed by atoms with Crippen LogP contribution in [0.25, 0.3) is 0 Å². The third-order valence-electron chi connectivity index (χ3n) is 5.26. The molecule has 0 saturated carbocycles. The number of carbonyl (C=O) groups is 1. The fourth-order valence-corrected chi connectivity index (χ4v) is 3.77. The lowest BCUT2D eigenvalue weighted by Gasteiger charge is -2.38. The molecule has 2 aromatic rings. The van der Waals surface area contributed by atoms with Crippen LogP contribution < -0.4 is 0 Å². The Kier molecular flexibility index (Phi) is 5.56. The van der Waals surface area contributed by atoms with Crippen LogP contribution in [-0.4, -0.2) is 29.1 Å². The predicted molar refractivity (Wildman–Crippen MR) is 96.4 cm³/mol. The van der Waals surface area contributed by atoms with Gasteiger partial charge in [0.2, 0.25) is 0 Å². The van der Waals surface area contributed by atoms with E-state index in [2.05, 4.69) is 4.90 Å². The highest BCUT2D eigenvalue weighted by molar-refractivity contribution is 5.70. The number of piperidine rings is 1. The topological polar surface area (TPSA) is 40.5 Å². The number of halogens is 3. The lowest BCUT2D eigenvalue weighted by molar-refractivity contribution is -0.143. The molecule has 0 bridgehead atoms. The molecule has 0 spiro atoms. The van der Waals surface area contributed by atoms with Gasteiger partial charge >= 0.3 is 12.1 Å². The molecule has 0 amide bonds. The zero-order valence-corrected chi connectivity index (χ0v) is 15.0. The Morgan fingerprint density at radius 1 is 1.11 bits per heavy atom. The van der Waals surface area contributed by atoms with Crippen molar-refractivity contribution in [2.45, 2.75) is 32.0 Å². The lowest BCUT2D eigenvalue weighted by Crippen LogP contribution is -2.39. The number of aryl methyl sites for hydroxylation is 1. The average Bonchev–Trinajstić information content (AvgIpc) is 2.63. The van der Waals surface area contributed by atoms with Gasteiger partial charge in [-0.3, -0.25) is 9.69 Å². The fourth-order valence-electron chi connectivity index (χ4n) is 3.77. The Labute approximate surface area is 156 Å². The molecule has 1 saturated heterocycles. The van der Waals surface area contributed by atoms with Gasteiger partial charge in [0.1, 0.15) is 0 Å². The van der Waals surface area contributed by atoms with Gasteiger partial charge in [-0.2, -0.15) is 13.2 Å². The van der Waals surface area contributed by atoms with Gasteiger partial charge in [-0.25, -0.2) is 0 Å². The first-order chi connectivity index (χ1) is 12.8. The number of carboxylic acids is 1. The Morgan fingerprint density at radius 2 is 1.78 bits per heavy atom. The minimum absolute atomic E-state index is 0.330. The summed E-state index contributed by atoms with van der Waals surface area (Å²) < 4.78 is 39.6. The van der Waals surface area contributed by atoms with Crippen molar-refractivity contribution in [3.05, 3.63) is 70.8 Å². The Bertz CT molecular complexity index is 811. The summed E-state index contributed by atoms with van der Waals surface area (Å²) in [5, 5.41) is 9.22. The maximum Gasteiger partial charge on any atom is 0.416 e. The zero-order chi connectivity index (χ0) is 19.6. The van der Waals surface area contributed by atoms with Crippen LogP contribution in [0, 0.1) is 12.8 Å². The smallest absolute Gasteiger partial charge is 0.416 e. The predicted octanol–water partition coefficient (Wildman–Crippen LogP) is 4.90. The number of nitrogens with zero attached hydrogens (tertiary/aromatic N) is 1. The summed E-state index contributed by atoms with van der Waals surface area (Å²) in [6.07, 6.45) is -3.41. The second-order valence-electron chi connectivity index (χ2n) is 7.03. The van der Waals surface area contributed by atoms with Crippen LogP contribution in [0.3, 0.4) is 0 Å². The van der Waals surface area contributed by atoms with Gasteiger partial charge in [-0.1, -0.05) is 36.4 Å². The Balaban J connectivity index is 2.00. The Hall–Kier alpha value is -2.34. The van der Waals surface area contributed by atoms with E-state index in [0.717, 1.165) is 17.2 Å². The molecule has 1 aliphatic rings. The van der Waals surface area contributed by atoms with Gasteiger partial charge in [0.25, 0.3) is 0 Å². The highest BCUT2D eigenvalue weighted by atomic mass is 19.4. The number of alkyl halides is 3. The highest BCUT2D eigenvalue weighted by Gasteiger charge is 2.34. The SMILES string of the molecule is Cc1ccccc1C(c1cccc(C(F)(F)F)c1)N1CCC(C(=O)O)CC1. The van der Waals surface area contributed by atoms with Gasteiger partial charge in [-0.15, -0.1) is 0 Å². The van der Waals surface area contributed by atoms with Gasteiger partial charge in [0.05, 0.1) is 17.5 Å². The first-order valence-corrected chi connectivity index (χ1v) is 8.97. The van der Waals surface area contributed by atoms with Crippen molar-refractivity contribution in [2.24, 2.45) is 5.92 Å². The number of hydrogen-bond acceptors (Lipinski definition) is 2. The van der Waals surface area contributed by atoms with Gasteiger partial charge < -0.3 is 5.11 Å². The molecule has 3 rings (SSSR count). The summed E-state index contributed by atoms with van der Waals surface area (Å²) in [5.74, 6) is -1.19. The third kappa shape index (κ3) is 4.33. The third-order valence-corrected chi connectivity index (χ3v) is 5.26. The van der Waals surface area contributed by atoms with Crippen molar-refractivity contribution < 1.29 is 23.1 Å². The summed E-state index contributed by atoms with van der Waals surface area (Å²) in [4.78, 5) is 13.3. The number of carboxylic acid groups (broad SMARTS) is 1. The molecule has 1 fully saturated rings. The number of rotatable bonds is 4. The molecule has 1 heterocycles. The van der Waals surface area contributed by atoms with Crippen molar-refractivity contribution in [3.8, 4) is 0 Å². The summed E-state index contributed by atoms with van der Waals surface area (Å²) in [7, 11) is 0. The van der Waals surface area contributed by atoms with E-state index in [0.29, 0.717) is 31.5 Å². The van der Waals surface area contributed by atoms with Crippen molar-refractivity contribution in [1.29, 1.82) is 0 Å². The molecule has 3 nitrogen and oxygen atoms in total. The molecule has 1 unspecified atom stereocenters. The van der Waals surface area contributed by atoms with Crippen molar-refractivity contribution >= 4 is 5.97 Å². The average molecular weight is 377 g/mol. The number of aliphatic carboxylic acids is 1. The summed E-state index contributed by atoms with van der Waals surface area (Å²) in [5.41, 5.74) is 1.86.